The van der Waals surface area contributed by atoms with Crippen molar-refractivity contribution in [3.63, 3.8) is 0 Å². The van der Waals surface area contributed by atoms with E-state index in [2.05, 4.69) is 10.6 Å². The Morgan fingerprint density at radius 3 is 2.85 bits per heavy atom. The zero-order valence-corrected chi connectivity index (χ0v) is 13.1. The molecule has 3 rings (SSSR count). The summed E-state index contributed by atoms with van der Waals surface area (Å²) in [5.74, 6) is 2.93. The number of carbonyl (C=O) groups excluding carboxylic acids is 1. The molecule has 1 saturated heterocycles. The first-order chi connectivity index (χ1) is 9.24. The second-order valence-electron chi connectivity index (χ2n) is 6.52. The summed E-state index contributed by atoms with van der Waals surface area (Å²) in [5.41, 5.74) is 0. The van der Waals surface area contributed by atoms with E-state index < -0.39 is 0 Å². The molecular weight excluding hydrogens is 276 g/mol. The van der Waals surface area contributed by atoms with Crippen LogP contribution in [0.4, 0.5) is 0 Å². The van der Waals surface area contributed by atoms with Crippen molar-refractivity contribution < 1.29 is 9.53 Å². The van der Waals surface area contributed by atoms with Crippen LogP contribution >= 0.6 is 12.4 Å². The molecule has 2 saturated carbocycles. The molecule has 1 amide bonds. The second-order valence-corrected chi connectivity index (χ2v) is 6.52. The van der Waals surface area contributed by atoms with Crippen LogP contribution in [-0.2, 0) is 9.53 Å². The van der Waals surface area contributed by atoms with Crippen molar-refractivity contribution in [3.8, 4) is 0 Å². The molecule has 1 heterocycles. The number of nitrogens with one attached hydrogen (secondary N) is 2. The van der Waals surface area contributed by atoms with Gasteiger partial charge in [0.2, 0.25) is 5.91 Å². The van der Waals surface area contributed by atoms with Crippen LogP contribution in [0.25, 0.3) is 0 Å². The lowest BCUT2D eigenvalue weighted by atomic mass is 9.86. The van der Waals surface area contributed by atoms with Gasteiger partial charge >= 0.3 is 0 Å². The van der Waals surface area contributed by atoms with Gasteiger partial charge < -0.3 is 15.4 Å². The van der Waals surface area contributed by atoms with Gasteiger partial charge in [0.25, 0.3) is 0 Å². The van der Waals surface area contributed by atoms with Crippen molar-refractivity contribution in [2.75, 3.05) is 19.7 Å². The summed E-state index contributed by atoms with van der Waals surface area (Å²) >= 11 is 0. The molecule has 20 heavy (non-hydrogen) atoms. The van der Waals surface area contributed by atoms with Gasteiger partial charge in [-0.3, -0.25) is 4.79 Å². The Morgan fingerprint density at radius 1 is 1.35 bits per heavy atom. The SMILES string of the molecule is C[C@H]1OCCN[C@@H]1C(=O)NCCC1CC2CCC1C2.Cl. The van der Waals surface area contributed by atoms with E-state index >= 15 is 0 Å². The number of ether oxygens (including phenoxy) is 1. The average molecular weight is 303 g/mol. The minimum atomic E-state index is -0.172. The number of morpholine rings is 1. The standard InChI is InChI=1S/C15H26N2O2.ClH/c1-10-14(16-6-7-19-10)15(18)17-5-4-13-9-11-2-3-12(13)8-11;/h10-14,16H,2-9H2,1H3,(H,17,18);1H/t10-,11?,12?,13?,14+;/m1./s1. The predicted octanol–water partition coefficient (Wildman–Crippen LogP) is 1.73. The Balaban J connectivity index is 0.00000147. The van der Waals surface area contributed by atoms with E-state index in [1.54, 1.807) is 0 Å². The average Bonchev–Trinajstić information content (AvgIpc) is 3.01. The Kier molecular flexibility index (Phi) is 5.70. The van der Waals surface area contributed by atoms with Crippen LogP contribution in [0.1, 0.15) is 39.0 Å². The molecule has 3 aliphatic rings. The van der Waals surface area contributed by atoms with Crippen molar-refractivity contribution in [2.45, 2.75) is 51.2 Å². The van der Waals surface area contributed by atoms with Gasteiger partial charge in [-0.2, -0.15) is 0 Å². The van der Waals surface area contributed by atoms with Gasteiger partial charge in [0.15, 0.2) is 0 Å². The number of hydrogen-bond donors (Lipinski definition) is 2. The highest BCUT2D eigenvalue weighted by Crippen LogP contribution is 2.49. The van der Waals surface area contributed by atoms with Crippen LogP contribution in [-0.4, -0.2) is 37.7 Å². The molecule has 2 N–H and O–H groups in total. The van der Waals surface area contributed by atoms with Crippen LogP contribution in [0.15, 0.2) is 0 Å². The monoisotopic (exact) mass is 302 g/mol. The largest absolute Gasteiger partial charge is 0.375 e. The first-order valence-electron chi connectivity index (χ1n) is 7.86. The highest BCUT2D eigenvalue weighted by molar-refractivity contribution is 5.85. The fourth-order valence-electron chi connectivity index (χ4n) is 4.25. The minimum Gasteiger partial charge on any atom is -0.375 e. The maximum atomic E-state index is 12.1. The summed E-state index contributed by atoms with van der Waals surface area (Å²) < 4.78 is 5.51. The molecule has 0 radical (unpaired) electrons. The third kappa shape index (κ3) is 3.46. The van der Waals surface area contributed by atoms with E-state index in [9.17, 15) is 4.79 Å². The number of fused-ring (bicyclic) bond motifs is 2. The molecule has 116 valence electrons. The fourth-order valence-corrected chi connectivity index (χ4v) is 4.25. The maximum absolute atomic E-state index is 12.1. The molecule has 3 fully saturated rings. The quantitative estimate of drug-likeness (QED) is 0.831. The van der Waals surface area contributed by atoms with E-state index in [0.717, 1.165) is 37.3 Å². The topological polar surface area (TPSA) is 50.4 Å². The van der Waals surface area contributed by atoms with E-state index in [1.807, 2.05) is 6.92 Å². The summed E-state index contributed by atoms with van der Waals surface area (Å²) in [6, 6.07) is -0.172. The summed E-state index contributed by atoms with van der Waals surface area (Å²) in [5, 5.41) is 6.32. The first kappa shape index (κ1) is 16.1. The van der Waals surface area contributed by atoms with Crippen LogP contribution in [0.2, 0.25) is 0 Å². The summed E-state index contributed by atoms with van der Waals surface area (Å²) in [6.45, 7) is 4.27. The van der Waals surface area contributed by atoms with E-state index in [4.69, 9.17) is 4.74 Å². The Hall–Kier alpha value is -0.320. The minimum absolute atomic E-state index is 0. The molecule has 5 heteroatoms. The molecule has 2 bridgehead atoms. The van der Waals surface area contributed by atoms with E-state index in [-0.39, 0.29) is 30.5 Å². The van der Waals surface area contributed by atoms with Gasteiger partial charge in [-0.05, 0) is 50.4 Å². The van der Waals surface area contributed by atoms with Crippen molar-refractivity contribution in [1.29, 1.82) is 0 Å². The molecule has 5 atom stereocenters. The third-order valence-corrected chi connectivity index (χ3v) is 5.30. The Labute approximate surface area is 127 Å². The smallest absolute Gasteiger partial charge is 0.239 e. The first-order valence-corrected chi connectivity index (χ1v) is 7.86. The van der Waals surface area contributed by atoms with E-state index in [1.165, 1.54) is 25.7 Å². The van der Waals surface area contributed by atoms with Crippen LogP contribution in [0.5, 0.6) is 0 Å². The Morgan fingerprint density at radius 2 is 2.20 bits per heavy atom. The third-order valence-electron chi connectivity index (χ3n) is 5.30. The fraction of sp³-hybridized carbons (Fsp3) is 0.933. The highest BCUT2D eigenvalue weighted by atomic mass is 35.5. The van der Waals surface area contributed by atoms with Gasteiger partial charge in [0, 0.05) is 13.1 Å². The van der Waals surface area contributed by atoms with Gasteiger partial charge in [-0.25, -0.2) is 0 Å². The number of hydrogen-bond acceptors (Lipinski definition) is 3. The molecule has 0 spiro atoms. The van der Waals surface area contributed by atoms with Gasteiger partial charge in [0.1, 0.15) is 6.04 Å². The second kappa shape index (κ2) is 7.10. The van der Waals surface area contributed by atoms with Gasteiger partial charge in [-0.15, -0.1) is 12.4 Å². The van der Waals surface area contributed by atoms with Crippen LogP contribution in [0, 0.1) is 17.8 Å². The lowest BCUT2D eigenvalue weighted by Crippen LogP contribution is -2.55. The molecular formula is C15H27ClN2O2. The molecule has 0 aromatic rings. The number of halogens is 1. The predicted molar refractivity (Wildman–Crippen MR) is 81.0 cm³/mol. The van der Waals surface area contributed by atoms with Crippen LogP contribution in [0.3, 0.4) is 0 Å². The lowest BCUT2D eigenvalue weighted by Gasteiger charge is -2.29. The summed E-state index contributed by atoms with van der Waals surface area (Å²) in [7, 11) is 0. The van der Waals surface area contributed by atoms with E-state index in [0.29, 0.717) is 6.61 Å². The molecule has 1 aliphatic heterocycles. The normalized spacial score (nSPS) is 39.4. The number of carbonyl (C=O) groups is 1. The summed E-state index contributed by atoms with van der Waals surface area (Å²) in [4.78, 5) is 12.1. The molecule has 2 aliphatic carbocycles. The molecule has 4 nitrogen and oxygen atoms in total. The Bertz CT molecular complexity index is 340. The van der Waals surface area contributed by atoms with Crippen molar-refractivity contribution in [3.05, 3.63) is 0 Å². The van der Waals surface area contributed by atoms with Gasteiger partial charge in [0.05, 0.1) is 12.7 Å². The van der Waals surface area contributed by atoms with Crippen molar-refractivity contribution >= 4 is 18.3 Å². The zero-order chi connectivity index (χ0) is 13.2. The highest BCUT2D eigenvalue weighted by Gasteiger charge is 2.39. The van der Waals surface area contributed by atoms with Crippen molar-refractivity contribution in [1.82, 2.24) is 10.6 Å². The number of rotatable bonds is 4. The molecule has 0 aromatic carbocycles. The number of amides is 1. The summed E-state index contributed by atoms with van der Waals surface area (Å²) in [6.07, 6.45) is 6.88. The molecule has 0 aromatic heterocycles. The lowest BCUT2D eigenvalue weighted by molar-refractivity contribution is -0.128. The maximum Gasteiger partial charge on any atom is 0.239 e. The van der Waals surface area contributed by atoms with Gasteiger partial charge in [-0.1, -0.05) is 6.42 Å². The van der Waals surface area contributed by atoms with Crippen molar-refractivity contribution in [2.24, 2.45) is 17.8 Å². The van der Waals surface area contributed by atoms with Crippen LogP contribution < -0.4 is 10.6 Å². The zero-order valence-electron chi connectivity index (χ0n) is 12.3. The molecule has 3 unspecified atom stereocenters.